The van der Waals surface area contributed by atoms with E-state index in [4.69, 9.17) is 5.73 Å². The summed E-state index contributed by atoms with van der Waals surface area (Å²) in [4.78, 5) is 13.8. The minimum atomic E-state index is -4.71. The van der Waals surface area contributed by atoms with Crippen LogP contribution in [-0.4, -0.2) is 17.1 Å². The lowest BCUT2D eigenvalue weighted by Crippen LogP contribution is -2.16. The standard InChI is InChI=1S/C8H9F3N2O2S/c1-3(2)15-6(14)4-5(8(9,10)11)13-7(12)16-4/h3H,1-2H3,(H2,12,13). The normalized spacial score (nSPS) is 11.9. The lowest BCUT2D eigenvalue weighted by molar-refractivity contribution is -0.141. The van der Waals surface area contributed by atoms with Crippen LogP contribution in [0.25, 0.3) is 0 Å². The third kappa shape index (κ3) is 2.84. The summed E-state index contributed by atoms with van der Waals surface area (Å²) in [5, 5.41) is -0.317. The second-order valence-corrected chi connectivity index (χ2v) is 4.21. The Labute approximate surface area is 93.2 Å². The van der Waals surface area contributed by atoms with Gasteiger partial charge < -0.3 is 10.5 Å². The smallest absolute Gasteiger partial charge is 0.435 e. The molecule has 0 saturated heterocycles. The highest BCUT2D eigenvalue weighted by atomic mass is 32.1. The molecule has 0 atom stereocenters. The van der Waals surface area contributed by atoms with Gasteiger partial charge in [0.2, 0.25) is 0 Å². The summed E-state index contributed by atoms with van der Waals surface area (Å²) in [7, 11) is 0. The molecule has 0 spiro atoms. The van der Waals surface area contributed by atoms with Crippen molar-refractivity contribution < 1.29 is 22.7 Å². The molecule has 0 radical (unpaired) electrons. The highest BCUT2D eigenvalue weighted by Gasteiger charge is 2.40. The molecule has 90 valence electrons. The van der Waals surface area contributed by atoms with Gasteiger partial charge in [-0.05, 0) is 13.8 Å². The number of aromatic nitrogens is 1. The third-order valence-corrected chi connectivity index (χ3v) is 2.30. The zero-order chi connectivity index (χ0) is 12.5. The van der Waals surface area contributed by atoms with Crippen molar-refractivity contribution in [2.75, 3.05) is 5.73 Å². The van der Waals surface area contributed by atoms with Crippen LogP contribution >= 0.6 is 11.3 Å². The van der Waals surface area contributed by atoms with Crippen LogP contribution in [0.15, 0.2) is 0 Å². The van der Waals surface area contributed by atoms with Crippen molar-refractivity contribution in [1.29, 1.82) is 0 Å². The molecule has 1 aromatic rings. The van der Waals surface area contributed by atoms with Crippen molar-refractivity contribution in [2.24, 2.45) is 0 Å². The molecular weight excluding hydrogens is 245 g/mol. The number of carbonyl (C=O) groups excluding carboxylic acids is 1. The number of nitrogens with two attached hydrogens (primary N) is 1. The number of carbonyl (C=O) groups is 1. The van der Waals surface area contributed by atoms with E-state index in [0.29, 0.717) is 11.3 Å². The number of hydrogen-bond acceptors (Lipinski definition) is 5. The SMILES string of the molecule is CC(C)OC(=O)c1sc(N)nc1C(F)(F)F. The summed E-state index contributed by atoms with van der Waals surface area (Å²) in [6.07, 6.45) is -5.21. The van der Waals surface area contributed by atoms with E-state index < -0.39 is 28.8 Å². The topological polar surface area (TPSA) is 65.2 Å². The molecule has 4 nitrogen and oxygen atoms in total. The van der Waals surface area contributed by atoms with E-state index >= 15 is 0 Å². The Bertz CT molecular complexity index is 400. The van der Waals surface area contributed by atoms with Gasteiger partial charge in [0.15, 0.2) is 10.8 Å². The average Bonchev–Trinajstić information content (AvgIpc) is 2.45. The van der Waals surface area contributed by atoms with E-state index in [-0.39, 0.29) is 5.13 Å². The maximum absolute atomic E-state index is 12.4. The highest BCUT2D eigenvalue weighted by molar-refractivity contribution is 7.17. The van der Waals surface area contributed by atoms with Gasteiger partial charge in [-0.2, -0.15) is 13.2 Å². The second kappa shape index (κ2) is 4.28. The Balaban J connectivity index is 3.09. The van der Waals surface area contributed by atoms with Gasteiger partial charge in [-0.25, -0.2) is 9.78 Å². The van der Waals surface area contributed by atoms with Gasteiger partial charge in [-0.3, -0.25) is 0 Å². The fourth-order valence-corrected chi connectivity index (χ4v) is 1.67. The van der Waals surface area contributed by atoms with Crippen molar-refractivity contribution in [3.05, 3.63) is 10.6 Å². The van der Waals surface area contributed by atoms with Gasteiger partial charge >= 0.3 is 12.1 Å². The van der Waals surface area contributed by atoms with Crippen LogP contribution in [0.2, 0.25) is 0 Å². The molecule has 2 N–H and O–H groups in total. The average molecular weight is 254 g/mol. The van der Waals surface area contributed by atoms with E-state index in [1.165, 1.54) is 13.8 Å². The first-order valence-electron chi connectivity index (χ1n) is 4.26. The van der Waals surface area contributed by atoms with E-state index in [1.54, 1.807) is 0 Å². The van der Waals surface area contributed by atoms with Gasteiger partial charge in [0, 0.05) is 0 Å². The summed E-state index contributed by atoms with van der Waals surface area (Å²) in [5.74, 6) is -1.06. The molecule has 1 aromatic heterocycles. The third-order valence-electron chi connectivity index (χ3n) is 1.44. The van der Waals surface area contributed by atoms with E-state index in [1.807, 2.05) is 0 Å². The van der Waals surface area contributed by atoms with Crippen LogP contribution in [0.3, 0.4) is 0 Å². The zero-order valence-electron chi connectivity index (χ0n) is 8.46. The van der Waals surface area contributed by atoms with Gasteiger partial charge in [-0.1, -0.05) is 11.3 Å². The van der Waals surface area contributed by atoms with Gasteiger partial charge in [0.05, 0.1) is 6.10 Å². The Kier molecular flexibility index (Phi) is 3.41. The van der Waals surface area contributed by atoms with Crippen molar-refractivity contribution in [3.63, 3.8) is 0 Å². The molecule has 16 heavy (non-hydrogen) atoms. The predicted octanol–water partition coefficient (Wildman–Crippen LogP) is 2.31. The van der Waals surface area contributed by atoms with Crippen LogP contribution in [0, 0.1) is 0 Å². The van der Waals surface area contributed by atoms with Crippen molar-refractivity contribution in [2.45, 2.75) is 26.1 Å². The number of alkyl halides is 3. The zero-order valence-corrected chi connectivity index (χ0v) is 9.28. The first kappa shape index (κ1) is 12.8. The molecule has 0 aliphatic rings. The summed E-state index contributed by atoms with van der Waals surface area (Å²) >= 11 is 0.463. The number of halogens is 3. The van der Waals surface area contributed by atoms with E-state index in [9.17, 15) is 18.0 Å². The fraction of sp³-hybridized carbons (Fsp3) is 0.500. The number of nitrogens with zero attached hydrogens (tertiary/aromatic N) is 1. The Morgan fingerprint density at radius 3 is 2.50 bits per heavy atom. The molecule has 0 unspecified atom stereocenters. The first-order valence-corrected chi connectivity index (χ1v) is 5.08. The molecule has 1 rings (SSSR count). The van der Waals surface area contributed by atoms with Crippen LogP contribution in [0.1, 0.15) is 29.2 Å². The highest BCUT2D eigenvalue weighted by Crippen LogP contribution is 2.35. The number of thiazole rings is 1. The molecule has 1 heterocycles. The monoisotopic (exact) mass is 254 g/mol. The molecule has 0 amide bonds. The molecule has 0 bridgehead atoms. The molecule has 0 saturated carbocycles. The van der Waals surface area contributed by atoms with Crippen molar-refractivity contribution in [3.8, 4) is 0 Å². The number of ether oxygens (including phenoxy) is 1. The van der Waals surface area contributed by atoms with Gasteiger partial charge in [0.1, 0.15) is 4.88 Å². The second-order valence-electron chi connectivity index (χ2n) is 3.18. The van der Waals surface area contributed by atoms with E-state index in [0.717, 1.165) is 0 Å². The summed E-state index contributed by atoms with van der Waals surface area (Å²) in [5.41, 5.74) is 3.85. The fourth-order valence-electron chi connectivity index (χ4n) is 0.935. The lowest BCUT2D eigenvalue weighted by atomic mass is 10.3. The maximum atomic E-state index is 12.4. The lowest BCUT2D eigenvalue weighted by Gasteiger charge is -2.08. The van der Waals surface area contributed by atoms with Crippen LogP contribution < -0.4 is 5.73 Å². The summed E-state index contributed by atoms with van der Waals surface area (Å²) in [6, 6.07) is 0. The number of nitrogen functional groups attached to an aromatic ring is 1. The Hall–Kier alpha value is -1.31. The number of esters is 1. The summed E-state index contributed by atoms with van der Waals surface area (Å²) < 4.78 is 42.0. The minimum absolute atomic E-state index is 0.317. The molecule has 0 aromatic carbocycles. The van der Waals surface area contributed by atoms with Crippen molar-refractivity contribution >= 4 is 22.4 Å². The molecule has 0 aliphatic heterocycles. The minimum Gasteiger partial charge on any atom is -0.459 e. The first-order chi connectivity index (χ1) is 7.21. The molecule has 0 aliphatic carbocycles. The summed E-state index contributed by atoms with van der Waals surface area (Å²) in [6.45, 7) is 3.07. The number of anilines is 1. The predicted molar refractivity (Wildman–Crippen MR) is 52.1 cm³/mol. The number of rotatable bonds is 2. The van der Waals surface area contributed by atoms with Gasteiger partial charge in [0.25, 0.3) is 0 Å². The molecule has 0 fully saturated rings. The van der Waals surface area contributed by atoms with Crippen LogP contribution in [-0.2, 0) is 10.9 Å². The molecular formula is C8H9F3N2O2S. The van der Waals surface area contributed by atoms with Crippen molar-refractivity contribution in [1.82, 2.24) is 4.98 Å². The number of hydrogen-bond donors (Lipinski definition) is 1. The largest absolute Gasteiger partial charge is 0.459 e. The Morgan fingerprint density at radius 1 is 1.50 bits per heavy atom. The molecule has 8 heteroatoms. The van der Waals surface area contributed by atoms with Crippen LogP contribution in [0.4, 0.5) is 18.3 Å². The maximum Gasteiger partial charge on any atom is 0.435 e. The van der Waals surface area contributed by atoms with Gasteiger partial charge in [-0.15, -0.1) is 0 Å². The van der Waals surface area contributed by atoms with Crippen LogP contribution in [0.5, 0.6) is 0 Å². The Morgan fingerprint density at radius 2 is 2.06 bits per heavy atom. The van der Waals surface area contributed by atoms with E-state index in [2.05, 4.69) is 9.72 Å². The quantitative estimate of drug-likeness (QED) is 0.822.